The first-order valence-corrected chi connectivity index (χ1v) is 14.6. The summed E-state index contributed by atoms with van der Waals surface area (Å²) in [6, 6.07) is 5.96. The minimum atomic E-state index is -4.84. The van der Waals surface area contributed by atoms with Crippen molar-refractivity contribution in [2.45, 2.75) is 56.3 Å². The first kappa shape index (κ1) is 28.8. The van der Waals surface area contributed by atoms with Crippen LogP contribution < -0.4 is 15.4 Å². The largest absolute Gasteiger partial charge is 0.573 e. The first-order chi connectivity index (χ1) is 18.4. The number of sulfone groups is 1. The van der Waals surface area contributed by atoms with E-state index in [0.29, 0.717) is 25.6 Å². The van der Waals surface area contributed by atoms with Crippen molar-refractivity contribution in [2.24, 2.45) is 5.92 Å². The lowest BCUT2D eigenvalue weighted by atomic mass is 9.85. The summed E-state index contributed by atoms with van der Waals surface area (Å²) in [6.07, 6.45) is 1.77. The molecule has 0 bridgehead atoms. The zero-order valence-corrected chi connectivity index (χ0v) is 22.2. The number of aromatic nitrogens is 2. The average Bonchev–Trinajstić information content (AvgIpc) is 3.37. The van der Waals surface area contributed by atoms with Crippen molar-refractivity contribution in [1.29, 1.82) is 0 Å². The van der Waals surface area contributed by atoms with E-state index < -0.39 is 21.1 Å². The number of nitrogens with one attached hydrogen (secondary N) is 2. The van der Waals surface area contributed by atoms with Gasteiger partial charge in [0.15, 0.2) is 9.84 Å². The third-order valence-electron chi connectivity index (χ3n) is 7.27. The van der Waals surface area contributed by atoms with Gasteiger partial charge in [0, 0.05) is 37.5 Å². The molecule has 1 aliphatic heterocycles. The number of hydrogen-bond donors (Lipinski definition) is 2. The number of nitro groups is 1. The number of anilines is 2. The van der Waals surface area contributed by atoms with Crippen molar-refractivity contribution < 1.29 is 31.2 Å². The number of likely N-dealkylation sites (tertiary alicyclic amines) is 1. The maximum absolute atomic E-state index is 12.7. The molecule has 2 N–H and O–H groups in total. The van der Waals surface area contributed by atoms with Gasteiger partial charge < -0.3 is 15.4 Å². The molecular formula is C24H31F3N6O5S. The highest BCUT2D eigenvalue weighted by Gasteiger charge is 2.35. The fraction of sp³-hybridized carbons (Fsp3) is 0.583. The van der Waals surface area contributed by atoms with E-state index in [9.17, 15) is 31.7 Å². The van der Waals surface area contributed by atoms with Crippen LogP contribution in [-0.2, 0) is 16.4 Å². The van der Waals surface area contributed by atoms with Crippen LogP contribution in [0.25, 0.3) is 0 Å². The van der Waals surface area contributed by atoms with Crippen molar-refractivity contribution in [3.05, 3.63) is 46.1 Å². The van der Waals surface area contributed by atoms with E-state index in [0.717, 1.165) is 38.4 Å². The van der Waals surface area contributed by atoms with Crippen LogP contribution in [0.1, 0.15) is 37.7 Å². The van der Waals surface area contributed by atoms with Crippen molar-refractivity contribution in [3.63, 3.8) is 0 Å². The smallest absolute Gasteiger partial charge is 0.405 e. The molecule has 1 saturated carbocycles. The van der Waals surface area contributed by atoms with Crippen LogP contribution in [-0.4, -0.2) is 71.8 Å². The molecule has 0 radical (unpaired) electrons. The standard InChI is InChI=1S/C24H31F3N6O5S/c1-39(36,37)19-10-11-32(15-19)18-8-6-16(7-9-18)12-28-22-20(33(34)35)14-30-23(31-22)29-13-17-4-2-3-5-21(17)38-24(25,26)27/h2-5,14,16,18-19H,6-13,15H2,1H3,(H2,28,29,30,31). The normalized spacial score (nSPS) is 22.4. The fourth-order valence-electron chi connectivity index (χ4n) is 5.16. The predicted octanol–water partition coefficient (Wildman–Crippen LogP) is 3.99. The van der Waals surface area contributed by atoms with Gasteiger partial charge in [0.25, 0.3) is 0 Å². The summed E-state index contributed by atoms with van der Waals surface area (Å²) in [7, 11) is -3.04. The van der Waals surface area contributed by atoms with Gasteiger partial charge in [-0.15, -0.1) is 13.2 Å². The molecule has 1 unspecified atom stereocenters. The SMILES string of the molecule is CS(=O)(=O)C1CCN(C2CCC(CNc3nc(NCc4ccccc4OC(F)(F)F)ncc3[N+](=O)[O-])CC2)C1. The third-order valence-corrected chi connectivity index (χ3v) is 8.87. The maximum Gasteiger partial charge on any atom is 0.573 e. The number of alkyl halides is 3. The lowest BCUT2D eigenvalue weighted by Gasteiger charge is -2.34. The van der Waals surface area contributed by atoms with E-state index in [2.05, 4.69) is 30.2 Å². The molecule has 0 spiro atoms. The second kappa shape index (κ2) is 11.9. The molecule has 2 fully saturated rings. The van der Waals surface area contributed by atoms with E-state index in [-0.39, 0.29) is 46.5 Å². The van der Waals surface area contributed by atoms with Gasteiger partial charge in [-0.25, -0.2) is 13.4 Å². The Bertz CT molecular complexity index is 1270. The molecule has 2 heterocycles. The summed E-state index contributed by atoms with van der Waals surface area (Å²) in [5.74, 6) is -0.0702. The quantitative estimate of drug-likeness (QED) is 0.317. The number of hydrogen-bond acceptors (Lipinski definition) is 10. The molecule has 1 aromatic carbocycles. The third kappa shape index (κ3) is 7.91. The van der Waals surface area contributed by atoms with Crippen LogP contribution in [0.15, 0.2) is 30.5 Å². The lowest BCUT2D eigenvalue weighted by molar-refractivity contribution is -0.384. The summed E-state index contributed by atoms with van der Waals surface area (Å²) in [4.78, 5) is 21.3. The highest BCUT2D eigenvalue weighted by Crippen LogP contribution is 2.32. The molecular weight excluding hydrogens is 541 g/mol. The molecule has 214 valence electrons. The van der Waals surface area contributed by atoms with Crippen molar-refractivity contribution >= 4 is 27.3 Å². The first-order valence-electron chi connectivity index (χ1n) is 12.6. The average molecular weight is 573 g/mol. The molecule has 1 saturated heterocycles. The molecule has 0 amide bonds. The van der Waals surface area contributed by atoms with Crippen LogP contribution in [0.5, 0.6) is 5.75 Å². The highest BCUT2D eigenvalue weighted by atomic mass is 32.2. The topological polar surface area (TPSA) is 140 Å². The number of nitrogens with zero attached hydrogens (tertiary/aromatic N) is 4. The molecule has 4 rings (SSSR count). The number of benzene rings is 1. The number of halogens is 3. The van der Waals surface area contributed by atoms with E-state index in [1.807, 2.05) is 0 Å². The van der Waals surface area contributed by atoms with Gasteiger partial charge in [-0.05, 0) is 50.6 Å². The lowest BCUT2D eigenvalue weighted by Crippen LogP contribution is -2.38. The minimum absolute atomic E-state index is 0.0167. The van der Waals surface area contributed by atoms with Crippen molar-refractivity contribution in [3.8, 4) is 5.75 Å². The maximum atomic E-state index is 12.7. The molecule has 2 aromatic rings. The molecule has 1 aromatic heterocycles. The fourth-order valence-corrected chi connectivity index (χ4v) is 6.16. The highest BCUT2D eigenvalue weighted by molar-refractivity contribution is 7.91. The Morgan fingerprint density at radius 2 is 1.87 bits per heavy atom. The Morgan fingerprint density at radius 3 is 2.51 bits per heavy atom. The monoisotopic (exact) mass is 572 g/mol. The van der Waals surface area contributed by atoms with E-state index >= 15 is 0 Å². The Labute approximate surface area is 224 Å². The second-order valence-corrected chi connectivity index (χ2v) is 12.3. The van der Waals surface area contributed by atoms with Crippen molar-refractivity contribution in [1.82, 2.24) is 14.9 Å². The molecule has 39 heavy (non-hydrogen) atoms. The van der Waals surface area contributed by atoms with Crippen LogP contribution in [0.4, 0.5) is 30.6 Å². The van der Waals surface area contributed by atoms with Gasteiger partial charge in [-0.3, -0.25) is 15.0 Å². The van der Waals surface area contributed by atoms with Crippen molar-refractivity contribution in [2.75, 3.05) is 36.5 Å². The molecule has 2 aliphatic rings. The van der Waals surface area contributed by atoms with Crippen LogP contribution in [0, 0.1) is 16.0 Å². The van der Waals surface area contributed by atoms with E-state index in [1.165, 1.54) is 24.5 Å². The molecule has 1 aliphatic carbocycles. The summed E-state index contributed by atoms with van der Waals surface area (Å²) >= 11 is 0. The van der Waals surface area contributed by atoms with E-state index in [1.54, 1.807) is 6.07 Å². The zero-order valence-electron chi connectivity index (χ0n) is 21.4. The summed E-state index contributed by atoms with van der Waals surface area (Å²) in [6.45, 7) is 1.71. The minimum Gasteiger partial charge on any atom is -0.405 e. The summed E-state index contributed by atoms with van der Waals surface area (Å²) in [5, 5.41) is 17.1. The Balaban J connectivity index is 1.33. The predicted molar refractivity (Wildman–Crippen MR) is 138 cm³/mol. The zero-order chi connectivity index (χ0) is 28.2. The van der Waals surface area contributed by atoms with E-state index in [4.69, 9.17) is 0 Å². The Hall–Kier alpha value is -3.20. The number of rotatable bonds is 10. The van der Waals surface area contributed by atoms with Gasteiger partial charge in [-0.1, -0.05) is 18.2 Å². The number of para-hydroxylation sites is 1. The molecule has 15 heteroatoms. The van der Waals surface area contributed by atoms with Gasteiger partial charge in [0.2, 0.25) is 11.8 Å². The van der Waals surface area contributed by atoms with Crippen LogP contribution in [0.3, 0.4) is 0 Å². The molecule has 1 atom stereocenters. The summed E-state index contributed by atoms with van der Waals surface area (Å²) < 4.78 is 65.9. The van der Waals surface area contributed by atoms with Gasteiger partial charge in [0.05, 0.1) is 10.2 Å². The van der Waals surface area contributed by atoms with Gasteiger partial charge >= 0.3 is 12.0 Å². The molecule has 11 nitrogen and oxygen atoms in total. The Kier molecular flexibility index (Phi) is 8.79. The van der Waals surface area contributed by atoms with Gasteiger partial charge in [-0.2, -0.15) is 4.98 Å². The summed E-state index contributed by atoms with van der Waals surface area (Å²) in [5.41, 5.74) is -0.0946. The van der Waals surface area contributed by atoms with Gasteiger partial charge in [0.1, 0.15) is 11.9 Å². The Morgan fingerprint density at radius 1 is 1.15 bits per heavy atom. The second-order valence-electron chi connectivity index (χ2n) is 9.98. The van der Waals surface area contributed by atoms with Crippen LogP contribution in [0.2, 0.25) is 0 Å². The van der Waals surface area contributed by atoms with Crippen LogP contribution >= 0.6 is 0 Å². The number of ether oxygens (including phenoxy) is 1.